The van der Waals surface area contributed by atoms with Crippen LogP contribution in [0.1, 0.15) is 24.1 Å². The Balaban J connectivity index is 1.56. The zero-order valence-electron chi connectivity index (χ0n) is 16.6. The lowest BCUT2D eigenvalue weighted by molar-refractivity contribution is -0.191. The third-order valence-corrected chi connectivity index (χ3v) is 6.00. The van der Waals surface area contributed by atoms with Crippen molar-refractivity contribution in [2.24, 2.45) is 5.41 Å². The van der Waals surface area contributed by atoms with Gasteiger partial charge in [-0.3, -0.25) is 9.67 Å². The standard InChI is InChI=1S/C22H20F3N5/c1-14-9-18(17-11-27-30(12-17)13-21(4-5-21)22(23,24)25)20(28-15(14)2)16-3-7-29-8-6-26-19(29)10-16/h3,6-12H,4-5,13H2,1-2H3. The van der Waals surface area contributed by atoms with E-state index in [2.05, 4.69) is 10.1 Å². The minimum atomic E-state index is -4.20. The predicted octanol–water partition coefficient (Wildman–Crippen LogP) is 5.22. The van der Waals surface area contributed by atoms with E-state index in [-0.39, 0.29) is 19.4 Å². The zero-order valence-corrected chi connectivity index (χ0v) is 16.6. The van der Waals surface area contributed by atoms with Crippen LogP contribution in [-0.2, 0) is 6.54 Å². The molecule has 0 amide bonds. The van der Waals surface area contributed by atoms with Crippen LogP contribution < -0.4 is 0 Å². The molecule has 4 aromatic heterocycles. The summed E-state index contributed by atoms with van der Waals surface area (Å²) < 4.78 is 43.3. The summed E-state index contributed by atoms with van der Waals surface area (Å²) in [4.78, 5) is 9.13. The Morgan fingerprint density at radius 3 is 2.63 bits per heavy atom. The molecular weight excluding hydrogens is 391 g/mol. The first-order valence-electron chi connectivity index (χ1n) is 9.77. The SMILES string of the molecule is Cc1cc(-c2cnn(CC3(C(F)(F)F)CC3)c2)c(-c2ccn3ccnc3c2)nc1C. The molecule has 1 saturated carbocycles. The Bertz CT molecular complexity index is 1250. The lowest BCUT2D eigenvalue weighted by Crippen LogP contribution is -2.29. The van der Waals surface area contributed by atoms with E-state index < -0.39 is 11.6 Å². The van der Waals surface area contributed by atoms with Crippen molar-refractivity contribution in [1.29, 1.82) is 0 Å². The Morgan fingerprint density at radius 2 is 1.90 bits per heavy atom. The van der Waals surface area contributed by atoms with Gasteiger partial charge in [0.15, 0.2) is 0 Å². The Labute approximate surface area is 171 Å². The van der Waals surface area contributed by atoms with Crippen LogP contribution in [0, 0.1) is 19.3 Å². The summed E-state index contributed by atoms with van der Waals surface area (Å²) in [6, 6.07) is 5.93. The maximum atomic E-state index is 13.3. The molecule has 1 fully saturated rings. The van der Waals surface area contributed by atoms with E-state index in [0.717, 1.165) is 39.3 Å². The van der Waals surface area contributed by atoms with Gasteiger partial charge in [-0.05, 0) is 50.5 Å². The molecule has 1 aliphatic rings. The van der Waals surface area contributed by atoms with Crippen LogP contribution in [0.5, 0.6) is 0 Å². The molecule has 154 valence electrons. The molecule has 4 aromatic rings. The molecule has 5 nitrogen and oxygen atoms in total. The molecule has 8 heteroatoms. The number of hydrogen-bond donors (Lipinski definition) is 0. The molecular formula is C22H20F3N5. The largest absolute Gasteiger partial charge is 0.396 e. The quantitative estimate of drug-likeness (QED) is 0.463. The van der Waals surface area contributed by atoms with Crippen molar-refractivity contribution in [2.45, 2.75) is 39.4 Å². The van der Waals surface area contributed by atoms with Crippen molar-refractivity contribution >= 4 is 5.65 Å². The summed E-state index contributed by atoms with van der Waals surface area (Å²) in [6.07, 6.45) is 4.94. The van der Waals surface area contributed by atoms with Gasteiger partial charge < -0.3 is 4.40 Å². The molecule has 0 aromatic carbocycles. The van der Waals surface area contributed by atoms with Gasteiger partial charge in [0.2, 0.25) is 0 Å². The summed E-state index contributed by atoms with van der Waals surface area (Å²) in [5.41, 5.74) is 4.34. The first-order chi connectivity index (χ1) is 14.3. The lowest BCUT2D eigenvalue weighted by atomic mass is 9.99. The number of aromatic nitrogens is 5. The lowest BCUT2D eigenvalue weighted by Gasteiger charge is -2.18. The monoisotopic (exact) mass is 411 g/mol. The van der Waals surface area contributed by atoms with Crippen LogP contribution >= 0.6 is 0 Å². The molecule has 0 radical (unpaired) electrons. The predicted molar refractivity (Wildman–Crippen MR) is 107 cm³/mol. The number of fused-ring (bicyclic) bond motifs is 1. The van der Waals surface area contributed by atoms with E-state index in [1.165, 1.54) is 4.68 Å². The highest BCUT2D eigenvalue weighted by Gasteiger charge is 2.63. The van der Waals surface area contributed by atoms with Gasteiger partial charge in [-0.25, -0.2) is 4.98 Å². The van der Waals surface area contributed by atoms with Crippen LogP contribution in [0.15, 0.2) is 49.2 Å². The van der Waals surface area contributed by atoms with E-state index in [1.807, 2.05) is 48.8 Å². The third kappa shape index (κ3) is 3.07. The van der Waals surface area contributed by atoms with E-state index in [0.29, 0.717) is 0 Å². The second kappa shape index (κ2) is 6.42. The fraction of sp³-hybridized carbons (Fsp3) is 0.318. The zero-order chi connectivity index (χ0) is 21.1. The van der Waals surface area contributed by atoms with Gasteiger partial charge >= 0.3 is 6.18 Å². The summed E-state index contributed by atoms with van der Waals surface area (Å²) in [7, 11) is 0. The molecule has 30 heavy (non-hydrogen) atoms. The van der Waals surface area contributed by atoms with Crippen molar-refractivity contribution in [3.05, 3.63) is 60.4 Å². The van der Waals surface area contributed by atoms with Crippen LogP contribution in [-0.4, -0.2) is 30.3 Å². The van der Waals surface area contributed by atoms with Crippen LogP contribution in [0.4, 0.5) is 13.2 Å². The molecule has 0 atom stereocenters. The van der Waals surface area contributed by atoms with Crippen molar-refractivity contribution < 1.29 is 13.2 Å². The second-order valence-electron chi connectivity index (χ2n) is 8.10. The maximum Gasteiger partial charge on any atom is 0.396 e. The second-order valence-corrected chi connectivity index (χ2v) is 8.10. The average molecular weight is 411 g/mol. The molecule has 5 rings (SSSR count). The highest BCUT2D eigenvalue weighted by Crippen LogP contribution is 2.58. The topological polar surface area (TPSA) is 48.0 Å². The number of nitrogens with zero attached hydrogens (tertiary/aromatic N) is 5. The fourth-order valence-electron chi connectivity index (χ4n) is 3.78. The number of rotatable bonds is 4. The molecule has 0 N–H and O–H groups in total. The number of alkyl halides is 3. The summed E-state index contributed by atoms with van der Waals surface area (Å²) >= 11 is 0. The molecule has 4 heterocycles. The van der Waals surface area contributed by atoms with E-state index >= 15 is 0 Å². The van der Waals surface area contributed by atoms with Crippen molar-refractivity contribution in [1.82, 2.24) is 24.1 Å². The van der Waals surface area contributed by atoms with E-state index in [4.69, 9.17) is 4.98 Å². The van der Waals surface area contributed by atoms with Gasteiger partial charge in [0.1, 0.15) is 5.65 Å². The first kappa shape index (κ1) is 18.8. The number of imidazole rings is 1. The summed E-state index contributed by atoms with van der Waals surface area (Å²) in [5.74, 6) is 0. The van der Waals surface area contributed by atoms with Crippen LogP contribution in [0.2, 0.25) is 0 Å². The van der Waals surface area contributed by atoms with Crippen molar-refractivity contribution in [3.8, 4) is 22.4 Å². The number of hydrogen-bond acceptors (Lipinski definition) is 3. The minimum Gasteiger partial charge on any atom is -0.307 e. The highest BCUT2D eigenvalue weighted by atomic mass is 19.4. The summed E-state index contributed by atoms with van der Waals surface area (Å²) in [6.45, 7) is 3.77. The summed E-state index contributed by atoms with van der Waals surface area (Å²) in [5, 5.41) is 4.23. The maximum absolute atomic E-state index is 13.3. The Hall–Kier alpha value is -3.16. The van der Waals surface area contributed by atoms with Crippen LogP contribution in [0.3, 0.4) is 0 Å². The minimum absolute atomic E-state index is 0.149. The van der Waals surface area contributed by atoms with Crippen molar-refractivity contribution in [2.75, 3.05) is 0 Å². The molecule has 0 aliphatic heterocycles. The van der Waals surface area contributed by atoms with Gasteiger partial charge in [-0.2, -0.15) is 18.3 Å². The molecule has 0 bridgehead atoms. The highest BCUT2D eigenvalue weighted by molar-refractivity contribution is 5.82. The Morgan fingerprint density at radius 1 is 1.10 bits per heavy atom. The van der Waals surface area contributed by atoms with E-state index in [9.17, 15) is 13.2 Å². The fourth-order valence-corrected chi connectivity index (χ4v) is 3.78. The van der Waals surface area contributed by atoms with Crippen molar-refractivity contribution in [3.63, 3.8) is 0 Å². The van der Waals surface area contributed by atoms with Gasteiger partial charge in [-0.15, -0.1) is 0 Å². The molecule has 0 unspecified atom stereocenters. The van der Waals surface area contributed by atoms with E-state index in [1.54, 1.807) is 18.6 Å². The number of aryl methyl sites for hydroxylation is 2. The third-order valence-electron chi connectivity index (χ3n) is 6.00. The molecule has 1 aliphatic carbocycles. The van der Waals surface area contributed by atoms with Gasteiger partial charge in [-0.1, -0.05) is 0 Å². The van der Waals surface area contributed by atoms with Gasteiger partial charge in [0.05, 0.1) is 23.9 Å². The first-order valence-corrected chi connectivity index (χ1v) is 9.77. The number of halogens is 3. The Kier molecular flexibility index (Phi) is 4.03. The van der Waals surface area contributed by atoms with Gasteiger partial charge in [0.25, 0.3) is 0 Å². The van der Waals surface area contributed by atoms with Gasteiger partial charge in [0, 0.05) is 47.2 Å². The average Bonchev–Trinajstić information content (AvgIpc) is 3.12. The normalized spacial score (nSPS) is 15.6. The smallest absolute Gasteiger partial charge is 0.307 e. The van der Waals surface area contributed by atoms with Crippen LogP contribution in [0.25, 0.3) is 28.0 Å². The number of pyridine rings is 2. The molecule has 0 spiro atoms. The molecule has 0 saturated heterocycles.